The summed E-state index contributed by atoms with van der Waals surface area (Å²) in [5.41, 5.74) is 2.68. The smallest absolute Gasteiger partial charge is 0.258 e. The molecule has 0 radical (unpaired) electrons. The molecule has 3 aromatic carbocycles. The number of ether oxygens (including phenoxy) is 1. The summed E-state index contributed by atoms with van der Waals surface area (Å²) in [5.74, 6) is 0.943. The minimum Gasteiger partial charge on any atom is -0.493 e. The van der Waals surface area contributed by atoms with Gasteiger partial charge in [-0.2, -0.15) is 0 Å². The van der Waals surface area contributed by atoms with Gasteiger partial charge >= 0.3 is 0 Å². The van der Waals surface area contributed by atoms with Crippen molar-refractivity contribution >= 4 is 22.4 Å². The molecule has 1 aliphatic carbocycles. The van der Waals surface area contributed by atoms with E-state index in [-0.39, 0.29) is 18.1 Å². The lowest BCUT2D eigenvalue weighted by Crippen LogP contribution is -2.44. The molecule has 0 unspecified atom stereocenters. The third-order valence-electron chi connectivity index (χ3n) is 5.41. The van der Waals surface area contributed by atoms with Crippen molar-refractivity contribution in [1.82, 2.24) is 4.90 Å². The molecule has 27 heavy (non-hydrogen) atoms. The average molecular weight is 358 g/mol. The van der Waals surface area contributed by atoms with E-state index in [0.717, 1.165) is 46.2 Å². The van der Waals surface area contributed by atoms with E-state index < -0.39 is 0 Å². The fourth-order valence-electron chi connectivity index (χ4n) is 4.05. The van der Waals surface area contributed by atoms with Crippen LogP contribution in [-0.2, 0) is 0 Å². The van der Waals surface area contributed by atoms with Crippen LogP contribution < -0.4 is 10.1 Å². The van der Waals surface area contributed by atoms with Crippen LogP contribution in [0.25, 0.3) is 10.8 Å². The first-order valence-corrected chi connectivity index (χ1v) is 9.60. The molecular weight excluding hydrogens is 336 g/mol. The molecule has 1 atom stereocenters. The minimum absolute atomic E-state index is 0.104. The number of amides is 1. The van der Waals surface area contributed by atoms with Gasteiger partial charge in [-0.05, 0) is 48.7 Å². The van der Waals surface area contributed by atoms with Crippen molar-refractivity contribution in [3.8, 4) is 5.75 Å². The second-order valence-corrected chi connectivity index (χ2v) is 7.17. The summed E-state index contributed by atoms with van der Waals surface area (Å²) in [4.78, 5) is 15.4. The van der Waals surface area contributed by atoms with E-state index in [1.165, 1.54) is 0 Å². The lowest BCUT2D eigenvalue weighted by atomic mass is 9.97. The lowest BCUT2D eigenvalue weighted by molar-refractivity contribution is 0.0665. The Morgan fingerprint density at radius 2 is 1.81 bits per heavy atom. The van der Waals surface area contributed by atoms with Gasteiger partial charge in [0.1, 0.15) is 11.9 Å². The van der Waals surface area contributed by atoms with Crippen molar-refractivity contribution in [1.29, 1.82) is 0 Å². The van der Waals surface area contributed by atoms with Gasteiger partial charge in [-0.3, -0.25) is 4.79 Å². The highest BCUT2D eigenvalue weighted by Crippen LogP contribution is 2.45. The molecule has 4 nitrogen and oxygen atoms in total. The molecule has 4 heteroatoms. The Morgan fingerprint density at radius 1 is 1.04 bits per heavy atom. The van der Waals surface area contributed by atoms with Gasteiger partial charge in [-0.25, -0.2) is 0 Å². The lowest BCUT2D eigenvalue weighted by Gasteiger charge is -2.39. The van der Waals surface area contributed by atoms with Crippen LogP contribution >= 0.6 is 0 Å². The van der Waals surface area contributed by atoms with Crippen molar-refractivity contribution in [2.24, 2.45) is 0 Å². The fourth-order valence-corrected chi connectivity index (χ4v) is 4.05. The number of anilines is 1. The summed E-state index contributed by atoms with van der Waals surface area (Å²) >= 11 is 0. The summed E-state index contributed by atoms with van der Waals surface area (Å²) in [6, 6.07) is 20.5. The predicted octanol–water partition coefficient (Wildman–Crippen LogP) is 4.97. The van der Waals surface area contributed by atoms with Crippen LogP contribution in [0.5, 0.6) is 5.75 Å². The number of rotatable bonds is 4. The average Bonchev–Trinajstić information content (AvgIpc) is 3.53. The monoisotopic (exact) mass is 358 g/mol. The Bertz CT molecular complexity index is 1030. The van der Waals surface area contributed by atoms with Crippen LogP contribution in [0.2, 0.25) is 0 Å². The van der Waals surface area contributed by atoms with Gasteiger partial charge in [-0.1, -0.05) is 42.5 Å². The third-order valence-corrected chi connectivity index (χ3v) is 5.41. The zero-order chi connectivity index (χ0) is 18.4. The summed E-state index contributed by atoms with van der Waals surface area (Å²) in [5, 5.41) is 5.91. The zero-order valence-electron chi connectivity index (χ0n) is 15.3. The third kappa shape index (κ3) is 2.64. The van der Waals surface area contributed by atoms with E-state index in [2.05, 4.69) is 23.5 Å². The molecule has 1 N–H and O–H groups in total. The molecule has 0 bridgehead atoms. The Morgan fingerprint density at radius 3 is 2.63 bits per heavy atom. The van der Waals surface area contributed by atoms with Crippen LogP contribution in [-0.4, -0.2) is 23.5 Å². The van der Waals surface area contributed by atoms with E-state index in [1.807, 2.05) is 54.3 Å². The topological polar surface area (TPSA) is 41.6 Å². The maximum atomic E-state index is 13.3. The van der Waals surface area contributed by atoms with Crippen molar-refractivity contribution in [3.05, 3.63) is 71.8 Å². The van der Waals surface area contributed by atoms with Gasteiger partial charge in [0, 0.05) is 17.3 Å². The van der Waals surface area contributed by atoms with Crippen molar-refractivity contribution < 1.29 is 9.53 Å². The van der Waals surface area contributed by atoms with Crippen LogP contribution in [0.4, 0.5) is 5.69 Å². The second-order valence-electron chi connectivity index (χ2n) is 7.17. The zero-order valence-corrected chi connectivity index (χ0v) is 15.3. The fraction of sp³-hybridized carbons (Fsp3) is 0.261. The van der Waals surface area contributed by atoms with Crippen molar-refractivity contribution in [3.63, 3.8) is 0 Å². The molecule has 0 saturated heterocycles. The van der Waals surface area contributed by atoms with E-state index in [4.69, 9.17) is 4.74 Å². The number of hydrogen-bond acceptors (Lipinski definition) is 3. The standard InChI is InChI=1S/C23H22N2O2/c1-2-27-20-14-11-15-7-3-4-8-17(15)21(20)22-24-19-10-6-5-9-18(19)23(26)25(22)16-12-13-16/h3-11,14,16,22,24H,2,12-13H2,1H3/t22-/m1/s1. The van der Waals surface area contributed by atoms with Crippen molar-refractivity contribution in [2.75, 3.05) is 11.9 Å². The number of fused-ring (bicyclic) bond motifs is 2. The second kappa shape index (κ2) is 6.31. The number of carbonyl (C=O) groups is 1. The quantitative estimate of drug-likeness (QED) is 0.716. The predicted molar refractivity (Wildman–Crippen MR) is 107 cm³/mol. The SMILES string of the molecule is CCOc1ccc2ccccc2c1[C@@H]1Nc2ccccc2C(=O)N1C1CC1. The van der Waals surface area contributed by atoms with Crippen molar-refractivity contribution in [2.45, 2.75) is 32.0 Å². The number of nitrogens with one attached hydrogen (secondary N) is 1. The van der Waals surface area contributed by atoms with Gasteiger partial charge < -0.3 is 15.0 Å². The maximum Gasteiger partial charge on any atom is 0.258 e. The highest BCUT2D eigenvalue weighted by molar-refractivity contribution is 6.03. The van der Waals surface area contributed by atoms with Gasteiger partial charge in [0.2, 0.25) is 0 Å². The number of benzene rings is 3. The number of hydrogen-bond donors (Lipinski definition) is 1. The molecular formula is C23H22N2O2. The van der Waals surface area contributed by atoms with Crippen LogP contribution in [0, 0.1) is 0 Å². The summed E-state index contributed by atoms with van der Waals surface area (Å²) in [6.45, 7) is 2.58. The molecule has 1 amide bonds. The molecule has 136 valence electrons. The van der Waals surface area contributed by atoms with E-state index in [1.54, 1.807) is 0 Å². The molecule has 1 heterocycles. The van der Waals surface area contributed by atoms with Crippen LogP contribution in [0.3, 0.4) is 0 Å². The highest BCUT2D eigenvalue weighted by Gasteiger charge is 2.43. The Balaban J connectivity index is 1.73. The Kier molecular flexibility index (Phi) is 3.78. The normalized spacial score (nSPS) is 18.9. The maximum absolute atomic E-state index is 13.3. The van der Waals surface area contributed by atoms with Crippen LogP contribution in [0.15, 0.2) is 60.7 Å². The summed E-state index contributed by atoms with van der Waals surface area (Å²) in [7, 11) is 0. The van der Waals surface area contributed by atoms with Gasteiger partial charge in [0.25, 0.3) is 5.91 Å². The molecule has 5 rings (SSSR count). The Hall–Kier alpha value is -3.01. The first kappa shape index (κ1) is 16.2. The van der Waals surface area contributed by atoms with Gasteiger partial charge in [0.05, 0.1) is 12.2 Å². The van der Waals surface area contributed by atoms with Gasteiger partial charge in [0.15, 0.2) is 0 Å². The first-order chi connectivity index (χ1) is 13.3. The Labute approximate surface area is 158 Å². The number of para-hydroxylation sites is 1. The summed E-state index contributed by atoms with van der Waals surface area (Å²) < 4.78 is 5.99. The largest absolute Gasteiger partial charge is 0.493 e. The molecule has 1 saturated carbocycles. The highest BCUT2D eigenvalue weighted by atomic mass is 16.5. The van der Waals surface area contributed by atoms with Crippen LogP contribution in [0.1, 0.15) is 41.9 Å². The minimum atomic E-state index is -0.229. The molecule has 3 aromatic rings. The molecule has 0 spiro atoms. The van der Waals surface area contributed by atoms with E-state index in [9.17, 15) is 4.79 Å². The van der Waals surface area contributed by atoms with E-state index in [0.29, 0.717) is 6.61 Å². The number of nitrogens with zero attached hydrogens (tertiary/aromatic N) is 1. The molecule has 1 fully saturated rings. The molecule has 0 aromatic heterocycles. The molecule has 1 aliphatic heterocycles. The summed E-state index contributed by atoms with van der Waals surface area (Å²) in [6.07, 6.45) is 1.88. The van der Waals surface area contributed by atoms with Gasteiger partial charge in [-0.15, -0.1) is 0 Å². The first-order valence-electron chi connectivity index (χ1n) is 9.60. The number of carbonyl (C=O) groups excluding carboxylic acids is 1. The molecule has 2 aliphatic rings. The van der Waals surface area contributed by atoms with E-state index >= 15 is 0 Å².